The minimum Gasteiger partial charge on any atom is -0.508 e. The fourth-order valence-electron chi connectivity index (χ4n) is 2.27. The Balaban J connectivity index is 2.05. The van der Waals surface area contributed by atoms with Crippen LogP contribution >= 0.6 is 23.2 Å². The van der Waals surface area contributed by atoms with Crippen molar-refractivity contribution in [1.29, 1.82) is 0 Å². The van der Waals surface area contributed by atoms with Crippen LogP contribution in [0.3, 0.4) is 0 Å². The molecule has 1 N–H and O–H groups in total. The number of hydrogen-bond acceptors (Lipinski definition) is 2. The molecule has 25 heavy (non-hydrogen) atoms. The third-order valence-electron chi connectivity index (χ3n) is 3.44. The minimum atomic E-state index is -4.93. The van der Waals surface area contributed by atoms with Gasteiger partial charge >= 0.3 is 6.18 Å². The standard InChI is InChI=1S/C17H8Cl2F4O2/c18-13-7-12(17(21,22)23)15(20)14(19)16(13)25-11-4-2-8-1-3-10(24)5-9(8)6-11/h1-7,24H. The Morgan fingerprint density at radius 1 is 0.920 bits per heavy atom. The third-order valence-corrected chi connectivity index (χ3v) is 4.06. The predicted molar refractivity (Wildman–Crippen MR) is 87.1 cm³/mol. The molecule has 2 nitrogen and oxygen atoms in total. The van der Waals surface area contributed by atoms with E-state index in [0.717, 1.165) is 5.39 Å². The third kappa shape index (κ3) is 3.45. The number of fused-ring (bicyclic) bond motifs is 1. The minimum absolute atomic E-state index is 0.0290. The van der Waals surface area contributed by atoms with Gasteiger partial charge in [-0.05, 0) is 41.1 Å². The number of alkyl halides is 3. The molecule has 0 fully saturated rings. The fourth-order valence-corrected chi connectivity index (χ4v) is 2.80. The van der Waals surface area contributed by atoms with E-state index >= 15 is 0 Å². The first kappa shape index (κ1) is 17.6. The molecule has 0 saturated heterocycles. The van der Waals surface area contributed by atoms with Crippen molar-refractivity contribution in [3.05, 3.63) is 63.9 Å². The summed E-state index contributed by atoms with van der Waals surface area (Å²) in [6, 6.07) is 9.75. The smallest absolute Gasteiger partial charge is 0.419 e. The molecule has 0 aliphatic heterocycles. The SMILES string of the molecule is Oc1ccc2ccc(Oc3c(Cl)cc(C(F)(F)F)c(F)c3Cl)cc2c1. The van der Waals surface area contributed by atoms with E-state index in [1.165, 1.54) is 24.3 Å². The van der Waals surface area contributed by atoms with Gasteiger partial charge in [0.25, 0.3) is 0 Å². The molecule has 0 radical (unpaired) electrons. The van der Waals surface area contributed by atoms with Crippen LogP contribution in [0.4, 0.5) is 17.6 Å². The first-order valence-corrected chi connectivity index (χ1v) is 7.58. The highest BCUT2D eigenvalue weighted by atomic mass is 35.5. The van der Waals surface area contributed by atoms with E-state index in [9.17, 15) is 22.7 Å². The molecule has 0 bridgehead atoms. The van der Waals surface area contributed by atoms with Gasteiger partial charge in [0.15, 0.2) is 11.6 Å². The zero-order valence-electron chi connectivity index (χ0n) is 12.2. The first-order chi connectivity index (χ1) is 11.7. The van der Waals surface area contributed by atoms with Crippen molar-refractivity contribution in [2.24, 2.45) is 0 Å². The van der Waals surface area contributed by atoms with E-state index in [-0.39, 0.29) is 11.5 Å². The van der Waals surface area contributed by atoms with Gasteiger partial charge in [-0.25, -0.2) is 4.39 Å². The molecule has 0 aliphatic carbocycles. The van der Waals surface area contributed by atoms with Gasteiger partial charge in [0.2, 0.25) is 0 Å². The Morgan fingerprint density at radius 3 is 2.28 bits per heavy atom. The van der Waals surface area contributed by atoms with Crippen molar-refractivity contribution in [1.82, 2.24) is 0 Å². The van der Waals surface area contributed by atoms with E-state index in [1.54, 1.807) is 12.1 Å². The second-order valence-electron chi connectivity index (χ2n) is 5.16. The molecule has 0 heterocycles. The summed E-state index contributed by atoms with van der Waals surface area (Å²) in [6.07, 6.45) is -4.93. The van der Waals surface area contributed by atoms with Gasteiger partial charge in [0.05, 0.1) is 10.6 Å². The maximum absolute atomic E-state index is 13.9. The number of aromatic hydroxyl groups is 1. The van der Waals surface area contributed by atoms with Crippen molar-refractivity contribution in [3.63, 3.8) is 0 Å². The number of ether oxygens (including phenoxy) is 1. The average molecular weight is 391 g/mol. The van der Waals surface area contributed by atoms with Crippen molar-refractivity contribution in [3.8, 4) is 17.2 Å². The lowest BCUT2D eigenvalue weighted by atomic mass is 10.1. The van der Waals surface area contributed by atoms with Crippen molar-refractivity contribution in [2.45, 2.75) is 6.18 Å². The van der Waals surface area contributed by atoms with Crippen molar-refractivity contribution < 1.29 is 27.4 Å². The van der Waals surface area contributed by atoms with Crippen LogP contribution in [0.1, 0.15) is 5.56 Å². The molecular weight excluding hydrogens is 383 g/mol. The molecule has 130 valence electrons. The van der Waals surface area contributed by atoms with Gasteiger partial charge in [-0.15, -0.1) is 0 Å². The highest BCUT2D eigenvalue weighted by Gasteiger charge is 2.37. The van der Waals surface area contributed by atoms with Gasteiger partial charge in [-0.3, -0.25) is 0 Å². The lowest BCUT2D eigenvalue weighted by Crippen LogP contribution is -2.09. The summed E-state index contributed by atoms with van der Waals surface area (Å²) in [5, 5.41) is 9.56. The van der Waals surface area contributed by atoms with Gasteiger partial charge in [-0.2, -0.15) is 13.2 Å². The Bertz CT molecular complexity index is 971. The van der Waals surface area contributed by atoms with E-state index in [1.807, 2.05) is 0 Å². The summed E-state index contributed by atoms with van der Waals surface area (Å²) in [4.78, 5) is 0. The van der Waals surface area contributed by atoms with Gasteiger partial charge < -0.3 is 9.84 Å². The molecule has 0 aliphatic rings. The zero-order chi connectivity index (χ0) is 18.4. The van der Waals surface area contributed by atoms with Crippen LogP contribution in [0.2, 0.25) is 10.0 Å². The van der Waals surface area contributed by atoms with Crippen LogP contribution in [0, 0.1) is 5.82 Å². The maximum Gasteiger partial charge on any atom is 0.419 e. The average Bonchev–Trinajstić information content (AvgIpc) is 2.53. The zero-order valence-corrected chi connectivity index (χ0v) is 13.7. The molecule has 3 aromatic carbocycles. The monoisotopic (exact) mass is 390 g/mol. The van der Waals surface area contributed by atoms with Crippen LogP contribution in [0.25, 0.3) is 10.8 Å². The van der Waals surface area contributed by atoms with Gasteiger partial charge in [0, 0.05) is 0 Å². The second-order valence-corrected chi connectivity index (χ2v) is 5.94. The van der Waals surface area contributed by atoms with Gasteiger partial charge in [-0.1, -0.05) is 35.3 Å². The topological polar surface area (TPSA) is 29.5 Å². The van der Waals surface area contributed by atoms with Gasteiger partial charge in [0.1, 0.15) is 16.5 Å². The molecule has 0 amide bonds. The summed E-state index contributed by atoms with van der Waals surface area (Å²) < 4.78 is 57.6. The number of halogens is 6. The van der Waals surface area contributed by atoms with E-state index in [4.69, 9.17) is 27.9 Å². The van der Waals surface area contributed by atoms with Crippen LogP contribution < -0.4 is 4.74 Å². The number of hydrogen-bond donors (Lipinski definition) is 1. The summed E-state index contributed by atoms with van der Waals surface area (Å²) in [6.45, 7) is 0. The summed E-state index contributed by atoms with van der Waals surface area (Å²) in [5.41, 5.74) is -1.57. The van der Waals surface area contributed by atoms with Crippen LogP contribution in [-0.4, -0.2) is 5.11 Å². The molecule has 3 aromatic rings. The van der Waals surface area contributed by atoms with E-state index < -0.39 is 33.4 Å². The fraction of sp³-hybridized carbons (Fsp3) is 0.0588. The Morgan fingerprint density at radius 2 is 1.60 bits per heavy atom. The van der Waals surface area contributed by atoms with Crippen LogP contribution in [-0.2, 0) is 6.18 Å². The maximum atomic E-state index is 13.9. The molecule has 3 rings (SSSR count). The largest absolute Gasteiger partial charge is 0.508 e. The molecule has 0 aromatic heterocycles. The van der Waals surface area contributed by atoms with Crippen molar-refractivity contribution >= 4 is 34.0 Å². The quantitative estimate of drug-likeness (QED) is 0.385. The van der Waals surface area contributed by atoms with Crippen molar-refractivity contribution in [2.75, 3.05) is 0 Å². The summed E-state index contributed by atoms with van der Waals surface area (Å²) >= 11 is 11.5. The molecule has 0 atom stereocenters. The molecular formula is C17H8Cl2F4O2. The highest BCUT2D eigenvalue weighted by molar-refractivity contribution is 6.37. The number of phenols is 1. The molecule has 0 spiro atoms. The van der Waals surface area contributed by atoms with Crippen LogP contribution in [0.5, 0.6) is 17.2 Å². The predicted octanol–water partition coefficient (Wildman–Crippen LogP) is 6.80. The Kier molecular flexibility index (Phi) is 4.43. The molecule has 8 heteroatoms. The normalized spacial score (nSPS) is 11.8. The lowest BCUT2D eigenvalue weighted by molar-refractivity contribution is -0.140. The number of rotatable bonds is 2. The highest BCUT2D eigenvalue weighted by Crippen LogP contribution is 2.44. The number of phenolic OH excluding ortho intramolecular Hbond substituents is 1. The summed E-state index contributed by atoms with van der Waals surface area (Å²) in [7, 11) is 0. The first-order valence-electron chi connectivity index (χ1n) is 6.82. The summed E-state index contributed by atoms with van der Waals surface area (Å²) in [5.74, 6) is -1.89. The van der Waals surface area contributed by atoms with Crippen LogP contribution in [0.15, 0.2) is 42.5 Å². The second kappa shape index (κ2) is 6.28. The molecule has 0 saturated carbocycles. The molecule has 0 unspecified atom stereocenters. The Labute approximate surface area is 149 Å². The number of benzene rings is 3. The van der Waals surface area contributed by atoms with E-state index in [0.29, 0.717) is 11.5 Å². The van der Waals surface area contributed by atoms with E-state index in [2.05, 4.69) is 0 Å². The Hall–Kier alpha value is -2.18. The lowest BCUT2D eigenvalue weighted by Gasteiger charge is -2.15.